The fourth-order valence-corrected chi connectivity index (χ4v) is 1.84. The Morgan fingerprint density at radius 1 is 1.00 bits per heavy atom. The van der Waals surface area contributed by atoms with Gasteiger partial charge in [-0.3, -0.25) is 0 Å². The van der Waals surface area contributed by atoms with Crippen LogP contribution in [0.25, 0.3) is 16.8 Å². The van der Waals surface area contributed by atoms with Crippen molar-refractivity contribution in [2.75, 3.05) is 0 Å². The molecule has 0 fully saturated rings. The van der Waals surface area contributed by atoms with Crippen LogP contribution in [0.5, 0.6) is 0 Å². The lowest BCUT2D eigenvalue weighted by Gasteiger charge is -1.94. The van der Waals surface area contributed by atoms with Crippen molar-refractivity contribution in [1.82, 2.24) is 4.98 Å². The maximum atomic E-state index is 12.8. The molecule has 0 radical (unpaired) electrons. The van der Waals surface area contributed by atoms with Crippen LogP contribution < -0.4 is 4.40 Å². The number of hydrogen-bond donors (Lipinski definition) is 1. The van der Waals surface area contributed by atoms with Gasteiger partial charge in [-0.1, -0.05) is 6.07 Å². The third-order valence-corrected chi connectivity index (χ3v) is 2.63. The Balaban J connectivity index is 2.22. The van der Waals surface area contributed by atoms with Crippen LogP contribution in [0.2, 0.25) is 0 Å². The second kappa shape index (κ2) is 3.45. The number of imidazole rings is 1. The number of H-pyrrole nitrogens is 1. The second-order valence-corrected chi connectivity index (χ2v) is 3.65. The highest BCUT2D eigenvalue weighted by Gasteiger charge is 2.11. The van der Waals surface area contributed by atoms with E-state index in [1.54, 1.807) is 12.1 Å². The molecule has 0 aliphatic rings. The third-order valence-electron chi connectivity index (χ3n) is 2.63. The molecular weight excluding hydrogens is 203 g/mol. The Hall–Kier alpha value is -2.16. The van der Waals surface area contributed by atoms with Crippen molar-refractivity contribution in [2.24, 2.45) is 0 Å². The molecule has 2 aromatic heterocycles. The lowest BCUT2D eigenvalue weighted by Crippen LogP contribution is -2.15. The van der Waals surface area contributed by atoms with Gasteiger partial charge in [0.05, 0.1) is 6.20 Å². The van der Waals surface area contributed by atoms with Crippen molar-refractivity contribution in [2.45, 2.75) is 0 Å². The molecular formula is C13H10FN2+. The van der Waals surface area contributed by atoms with Crippen molar-refractivity contribution in [1.29, 1.82) is 0 Å². The number of benzene rings is 1. The predicted octanol–water partition coefficient (Wildman–Crippen LogP) is 2.56. The predicted molar refractivity (Wildman–Crippen MR) is 59.3 cm³/mol. The van der Waals surface area contributed by atoms with Gasteiger partial charge in [0.1, 0.15) is 5.82 Å². The molecule has 0 saturated heterocycles. The van der Waals surface area contributed by atoms with Gasteiger partial charge in [-0.2, -0.15) is 0 Å². The molecule has 1 N–H and O–H groups in total. The molecule has 16 heavy (non-hydrogen) atoms. The van der Waals surface area contributed by atoms with E-state index >= 15 is 0 Å². The fraction of sp³-hybridized carbons (Fsp3) is 0. The van der Waals surface area contributed by atoms with Crippen LogP contribution in [-0.2, 0) is 0 Å². The smallest absolute Gasteiger partial charge is 0.243 e. The average molecular weight is 213 g/mol. The zero-order chi connectivity index (χ0) is 11.0. The third kappa shape index (κ3) is 1.37. The van der Waals surface area contributed by atoms with Crippen molar-refractivity contribution in [3.05, 3.63) is 60.8 Å². The van der Waals surface area contributed by atoms with Crippen LogP contribution in [0.4, 0.5) is 4.39 Å². The summed E-state index contributed by atoms with van der Waals surface area (Å²) in [5.74, 6) is -0.215. The van der Waals surface area contributed by atoms with E-state index in [1.165, 1.54) is 12.1 Å². The van der Waals surface area contributed by atoms with E-state index in [0.29, 0.717) is 0 Å². The van der Waals surface area contributed by atoms with Gasteiger partial charge >= 0.3 is 0 Å². The van der Waals surface area contributed by atoms with E-state index in [-0.39, 0.29) is 5.82 Å². The summed E-state index contributed by atoms with van der Waals surface area (Å²) in [6.07, 6.45) is 3.85. The zero-order valence-corrected chi connectivity index (χ0v) is 8.52. The molecule has 1 aromatic carbocycles. The first kappa shape index (κ1) is 9.09. The van der Waals surface area contributed by atoms with Gasteiger partial charge in [0.15, 0.2) is 11.2 Å². The highest BCUT2D eigenvalue weighted by molar-refractivity contribution is 5.73. The van der Waals surface area contributed by atoms with Gasteiger partial charge in [-0.25, -0.2) is 13.8 Å². The van der Waals surface area contributed by atoms with Gasteiger partial charge in [-0.05, 0) is 36.4 Å². The highest BCUT2D eigenvalue weighted by Crippen LogP contribution is 2.20. The van der Waals surface area contributed by atoms with E-state index in [1.807, 2.05) is 35.1 Å². The topological polar surface area (TPSA) is 19.9 Å². The number of aromatic nitrogens is 2. The van der Waals surface area contributed by atoms with Crippen LogP contribution in [0.1, 0.15) is 0 Å². The van der Waals surface area contributed by atoms with Crippen LogP contribution in [0.3, 0.4) is 0 Å². The average Bonchev–Trinajstić information content (AvgIpc) is 2.74. The molecule has 2 heterocycles. The molecule has 2 nitrogen and oxygen atoms in total. The first-order valence-electron chi connectivity index (χ1n) is 5.08. The van der Waals surface area contributed by atoms with Gasteiger partial charge in [0.2, 0.25) is 6.33 Å². The molecule has 3 rings (SSSR count). The maximum absolute atomic E-state index is 12.8. The second-order valence-electron chi connectivity index (χ2n) is 3.65. The summed E-state index contributed by atoms with van der Waals surface area (Å²) in [6, 6.07) is 12.5. The Morgan fingerprint density at radius 3 is 2.62 bits per heavy atom. The number of halogens is 1. The molecule has 3 heteroatoms. The number of nitrogens with one attached hydrogen (secondary N) is 1. The normalized spacial score (nSPS) is 10.8. The number of nitrogens with zero attached hydrogens (tertiary/aromatic N) is 1. The van der Waals surface area contributed by atoms with Crippen LogP contribution in [-0.4, -0.2) is 4.98 Å². The van der Waals surface area contributed by atoms with E-state index in [4.69, 9.17) is 0 Å². The fourth-order valence-electron chi connectivity index (χ4n) is 1.84. The summed E-state index contributed by atoms with van der Waals surface area (Å²) in [6.45, 7) is 0. The van der Waals surface area contributed by atoms with E-state index < -0.39 is 0 Å². The number of hydrogen-bond acceptors (Lipinski definition) is 0. The summed E-state index contributed by atoms with van der Waals surface area (Å²) in [4.78, 5) is 3.19. The van der Waals surface area contributed by atoms with Crippen LogP contribution in [0.15, 0.2) is 55.0 Å². The monoisotopic (exact) mass is 213 g/mol. The summed E-state index contributed by atoms with van der Waals surface area (Å²) in [5, 5.41) is 0. The summed E-state index contributed by atoms with van der Waals surface area (Å²) in [7, 11) is 0. The van der Waals surface area contributed by atoms with Gasteiger partial charge in [0.25, 0.3) is 0 Å². The highest BCUT2D eigenvalue weighted by atomic mass is 19.1. The standard InChI is InChI=1S/C13H9FN2/c14-11-6-4-10(5-7-11)13-12-3-1-2-8-16(12)9-15-13/h1-9H/p+1. The SMILES string of the molecule is Fc1ccc(-c2[nH]c[n+]3ccccc23)cc1. The minimum Gasteiger partial charge on any atom is -0.243 e. The van der Waals surface area contributed by atoms with Crippen molar-refractivity contribution < 1.29 is 8.79 Å². The first-order valence-corrected chi connectivity index (χ1v) is 5.08. The first-order chi connectivity index (χ1) is 7.84. The number of rotatable bonds is 1. The Bertz CT molecular complexity index is 626. The molecule has 0 bridgehead atoms. The van der Waals surface area contributed by atoms with E-state index in [2.05, 4.69) is 4.98 Å². The maximum Gasteiger partial charge on any atom is 0.247 e. The summed E-state index contributed by atoms with van der Waals surface area (Å²) in [5.41, 5.74) is 3.06. The lowest BCUT2D eigenvalue weighted by atomic mass is 10.1. The molecule has 0 saturated carbocycles. The molecule has 0 amide bonds. The van der Waals surface area contributed by atoms with E-state index in [0.717, 1.165) is 16.8 Å². The number of pyridine rings is 1. The molecule has 3 aromatic rings. The van der Waals surface area contributed by atoms with Crippen molar-refractivity contribution >= 4 is 5.52 Å². The molecule has 0 unspecified atom stereocenters. The van der Waals surface area contributed by atoms with Crippen molar-refractivity contribution in [3.63, 3.8) is 0 Å². The minimum atomic E-state index is -0.215. The Labute approximate surface area is 92.0 Å². The minimum absolute atomic E-state index is 0.215. The zero-order valence-electron chi connectivity index (χ0n) is 8.52. The lowest BCUT2D eigenvalue weighted by molar-refractivity contribution is -0.510. The molecule has 0 spiro atoms. The van der Waals surface area contributed by atoms with Gasteiger partial charge in [0, 0.05) is 5.56 Å². The Kier molecular flexibility index (Phi) is 1.96. The number of aromatic amines is 1. The van der Waals surface area contributed by atoms with Crippen LogP contribution >= 0.6 is 0 Å². The Morgan fingerprint density at radius 2 is 1.81 bits per heavy atom. The quantitative estimate of drug-likeness (QED) is 0.599. The molecule has 78 valence electrons. The molecule has 0 aliphatic carbocycles. The number of fused-ring (bicyclic) bond motifs is 1. The van der Waals surface area contributed by atoms with Gasteiger partial charge in [-0.15, -0.1) is 0 Å². The van der Waals surface area contributed by atoms with Crippen molar-refractivity contribution in [3.8, 4) is 11.3 Å². The van der Waals surface area contributed by atoms with Crippen LogP contribution in [0, 0.1) is 5.82 Å². The molecule has 0 atom stereocenters. The van der Waals surface area contributed by atoms with E-state index in [9.17, 15) is 4.39 Å². The largest absolute Gasteiger partial charge is 0.247 e. The molecule has 0 aliphatic heterocycles. The summed E-state index contributed by atoms with van der Waals surface area (Å²) < 4.78 is 14.8. The summed E-state index contributed by atoms with van der Waals surface area (Å²) >= 11 is 0. The van der Waals surface area contributed by atoms with Gasteiger partial charge < -0.3 is 0 Å².